The lowest BCUT2D eigenvalue weighted by Crippen LogP contribution is -2.50. The molecule has 1 atom stereocenters. The number of hydrogen-bond donors (Lipinski definition) is 0. The summed E-state index contributed by atoms with van der Waals surface area (Å²) in [6.45, 7) is 1.40. The van der Waals surface area contributed by atoms with Crippen molar-refractivity contribution in [2.24, 2.45) is 0 Å². The number of carbonyl (C=O) groups is 1. The maximum absolute atomic E-state index is 12.3. The summed E-state index contributed by atoms with van der Waals surface area (Å²) in [5.41, 5.74) is 0. The first-order chi connectivity index (χ1) is 7.83. The van der Waals surface area contributed by atoms with Crippen LogP contribution in [-0.4, -0.2) is 42.0 Å². The Bertz CT molecular complexity index is 237. The minimum atomic E-state index is -0.197. The molecule has 0 N–H and O–H groups in total. The van der Waals surface area contributed by atoms with Crippen LogP contribution in [0.1, 0.15) is 38.5 Å². The third kappa shape index (κ3) is 2.69. The monoisotopic (exact) mass is 245 g/mol. The van der Waals surface area contributed by atoms with E-state index in [0.29, 0.717) is 18.5 Å². The second-order valence-electron chi connectivity index (χ2n) is 4.66. The molecule has 1 saturated heterocycles. The molecule has 92 valence electrons. The van der Waals surface area contributed by atoms with E-state index in [0.717, 1.165) is 38.7 Å². The highest BCUT2D eigenvalue weighted by Gasteiger charge is 2.33. The van der Waals surface area contributed by atoms with Gasteiger partial charge in [-0.05, 0) is 38.5 Å². The molecular formula is C12H20ClNO2. The summed E-state index contributed by atoms with van der Waals surface area (Å²) in [4.78, 5) is 14.2. The van der Waals surface area contributed by atoms with Gasteiger partial charge in [-0.1, -0.05) is 0 Å². The van der Waals surface area contributed by atoms with Crippen LogP contribution >= 0.6 is 11.6 Å². The van der Waals surface area contributed by atoms with Crippen molar-refractivity contribution in [2.45, 2.75) is 50.7 Å². The predicted octanol–water partition coefficient (Wildman–Crippen LogP) is 2.18. The zero-order valence-corrected chi connectivity index (χ0v) is 10.4. The van der Waals surface area contributed by atoms with Gasteiger partial charge in [-0.15, -0.1) is 11.6 Å². The van der Waals surface area contributed by atoms with Crippen molar-refractivity contribution in [1.82, 2.24) is 4.90 Å². The summed E-state index contributed by atoms with van der Waals surface area (Å²) < 4.78 is 5.55. The van der Waals surface area contributed by atoms with Crippen LogP contribution in [0.2, 0.25) is 0 Å². The van der Waals surface area contributed by atoms with E-state index in [4.69, 9.17) is 16.3 Å². The summed E-state index contributed by atoms with van der Waals surface area (Å²) in [6, 6.07) is 0.428. The maximum atomic E-state index is 12.3. The minimum absolute atomic E-state index is 0.171. The Morgan fingerprint density at radius 2 is 2.06 bits per heavy atom. The average Bonchev–Trinajstić information content (AvgIpc) is 2.26. The highest BCUT2D eigenvalue weighted by molar-refractivity contribution is 6.18. The van der Waals surface area contributed by atoms with Gasteiger partial charge in [0, 0.05) is 25.1 Å². The van der Waals surface area contributed by atoms with Gasteiger partial charge in [0.25, 0.3) is 5.91 Å². The van der Waals surface area contributed by atoms with Gasteiger partial charge in [-0.3, -0.25) is 4.79 Å². The van der Waals surface area contributed by atoms with Crippen molar-refractivity contribution in [2.75, 3.05) is 19.0 Å². The first kappa shape index (κ1) is 12.2. The molecule has 1 amide bonds. The molecule has 1 saturated carbocycles. The summed E-state index contributed by atoms with van der Waals surface area (Å²) >= 11 is 5.77. The molecule has 1 heterocycles. The number of amides is 1. The van der Waals surface area contributed by atoms with Gasteiger partial charge in [0.05, 0.1) is 0 Å². The Labute approximate surface area is 102 Å². The third-order valence-corrected chi connectivity index (χ3v) is 3.75. The van der Waals surface area contributed by atoms with Crippen molar-refractivity contribution in [1.29, 1.82) is 0 Å². The smallest absolute Gasteiger partial charge is 0.251 e. The molecule has 0 aromatic carbocycles. The van der Waals surface area contributed by atoms with Gasteiger partial charge in [-0.25, -0.2) is 0 Å². The van der Waals surface area contributed by atoms with Gasteiger partial charge in [0.2, 0.25) is 0 Å². The molecule has 0 radical (unpaired) electrons. The Kier molecular flexibility index (Phi) is 4.47. The molecule has 0 aromatic rings. The second-order valence-corrected chi connectivity index (χ2v) is 5.04. The highest BCUT2D eigenvalue weighted by Crippen LogP contribution is 2.27. The van der Waals surface area contributed by atoms with Crippen LogP contribution in [-0.2, 0) is 9.53 Å². The molecule has 2 rings (SSSR count). The van der Waals surface area contributed by atoms with E-state index in [1.807, 2.05) is 4.90 Å². The van der Waals surface area contributed by atoms with E-state index in [2.05, 4.69) is 0 Å². The summed E-state index contributed by atoms with van der Waals surface area (Å²) in [7, 11) is 0. The minimum Gasteiger partial charge on any atom is -0.368 e. The van der Waals surface area contributed by atoms with Crippen LogP contribution in [0.3, 0.4) is 0 Å². The molecular weight excluding hydrogens is 226 g/mol. The van der Waals surface area contributed by atoms with E-state index >= 15 is 0 Å². The SMILES string of the molecule is O=C(C1CCCCO1)N(CCCl)C1CCC1. The van der Waals surface area contributed by atoms with E-state index in [1.165, 1.54) is 6.42 Å². The van der Waals surface area contributed by atoms with Crippen molar-refractivity contribution < 1.29 is 9.53 Å². The van der Waals surface area contributed by atoms with Crippen molar-refractivity contribution in [3.63, 3.8) is 0 Å². The van der Waals surface area contributed by atoms with Crippen LogP contribution in [0, 0.1) is 0 Å². The first-order valence-corrected chi connectivity index (χ1v) is 6.84. The number of carbonyl (C=O) groups excluding carboxylic acids is 1. The predicted molar refractivity (Wildman–Crippen MR) is 63.7 cm³/mol. The standard InChI is InChI=1S/C12H20ClNO2/c13-7-8-14(10-4-3-5-10)12(15)11-6-1-2-9-16-11/h10-11H,1-9H2. The normalized spacial score (nSPS) is 26.2. The zero-order valence-electron chi connectivity index (χ0n) is 9.66. The zero-order chi connectivity index (χ0) is 11.4. The Morgan fingerprint density at radius 1 is 1.25 bits per heavy atom. The highest BCUT2D eigenvalue weighted by atomic mass is 35.5. The fourth-order valence-electron chi connectivity index (χ4n) is 2.38. The van der Waals surface area contributed by atoms with Gasteiger partial charge in [0.15, 0.2) is 0 Å². The summed E-state index contributed by atoms with van der Waals surface area (Å²) in [6.07, 6.45) is 6.38. The van der Waals surface area contributed by atoms with Crippen LogP contribution in [0.5, 0.6) is 0 Å². The molecule has 2 fully saturated rings. The van der Waals surface area contributed by atoms with Crippen molar-refractivity contribution in [3.05, 3.63) is 0 Å². The van der Waals surface area contributed by atoms with Crippen LogP contribution in [0.25, 0.3) is 0 Å². The summed E-state index contributed by atoms with van der Waals surface area (Å²) in [5, 5.41) is 0. The number of hydrogen-bond acceptors (Lipinski definition) is 2. The summed E-state index contributed by atoms with van der Waals surface area (Å²) in [5.74, 6) is 0.694. The molecule has 16 heavy (non-hydrogen) atoms. The van der Waals surface area contributed by atoms with Crippen LogP contribution in [0.15, 0.2) is 0 Å². The molecule has 3 nitrogen and oxygen atoms in total. The molecule has 1 unspecified atom stereocenters. The van der Waals surface area contributed by atoms with E-state index in [9.17, 15) is 4.79 Å². The number of alkyl halides is 1. The number of nitrogens with zero attached hydrogens (tertiary/aromatic N) is 1. The van der Waals surface area contributed by atoms with E-state index in [-0.39, 0.29) is 12.0 Å². The Balaban J connectivity index is 1.92. The topological polar surface area (TPSA) is 29.5 Å². The van der Waals surface area contributed by atoms with Gasteiger partial charge in [-0.2, -0.15) is 0 Å². The molecule has 4 heteroatoms. The number of ether oxygens (including phenoxy) is 1. The van der Waals surface area contributed by atoms with Crippen LogP contribution in [0.4, 0.5) is 0 Å². The molecule has 1 aliphatic heterocycles. The molecule has 0 aromatic heterocycles. The van der Waals surface area contributed by atoms with Crippen molar-refractivity contribution >= 4 is 17.5 Å². The fraction of sp³-hybridized carbons (Fsp3) is 0.917. The lowest BCUT2D eigenvalue weighted by atomic mass is 9.91. The molecule has 2 aliphatic rings. The Morgan fingerprint density at radius 3 is 2.56 bits per heavy atom. The quantitative estimate of drug-likeness (QED) is 0.711. The second kappa shape index (κ2) is 5.87. The lowest BCUT2D eigenvalue weighted by molar-refractivity contribution is -0.150. The maximum Gasteiger partial charge on any atom is 0.251 e. The first-order valence-electron chi connectivity index (χ1n) is 6.31. The van der Waals surface area contributed by atoms with Gasteiger partial charge in [0.1, 0.15) is 6.10 Å². The largest absolute Gasteiger partial charge is 0.368 e. The molecule has 0 bridgehead atoms. The molecule has 0 spiro atoms. The lowest BCUT2D eigenvalue weighted by Gasteiger charge is -2.39. The Hall–Kier alpha value is -0.280. The number of halogens is 1. The van der Waals surface area contributed by atoms with E-state index < -0.39 is 0 Å². The van der Waals surface area contributed by atoms with Crippen molar-refractivity contribution in [3.8, 4) is 0 Å². The fourth-order valence-corrected chi connectivity index (χ4v) is 2.56. The van der Waals surface area contributed by atoms with Crippen LogP contribution < -0.4 is 0 Å². The average molecular weight is 246 g/mol. The van der Waals surface area contributed by atoms with E-state index in [1.54, 1.807) is 0 Å². The number of rotatable bonds is 4. The molecule has 1 aliphatic carbocycles. The van der Waals surface area contributed by atoms with Gasteiger partial charge < -0.3 is 9.64 Å². The van der Waals surface area contributed by atoms with Gasteiger partial charge >= 0.3 is 0 Å². The third-order valence-electron chi connectivity index (χ3n) is 3.58.